The quantitative estimate of drug-likeness (QED) is 0.686. The first kappa shape index (κ1) is 16.2. The van der Waals surface area contributed by atoms with E-state index in [0.29, 0.717) is 26.1 Å². The molecular formula is C16H23NO3. The zero-order chi connectivity index (χ0) is 14.8. The Hall–Kier alpha value is -1.84. The fourth-order valence-corrected chi connectivity index (χ4v) is 1.93. The van der Waals surface area contributed by atoms with E-state index in [9.17, 15) is 9.59 Å². The van der Waals surface area contributed by atoms with Gasteiger partial charge in [-0.25, -0.2) is 0 Å². The van der Waals surface area contributed by atoms with Crippen molar-refractivity contribution in [3.63, 3.8) is 0 Å². The standard InChI is InChI=1S/C16H23NO3/c1-3-8-15(18)17(12-11-16(19)20-4-2)13-14-9-6-5-7-10-14/h5-7,9-10H,3-4,8,11-13H2,1-2H3. The number of amides is 1. The van der Waals surface area contributed by atoms with E-state index in [0.717, 1.165) is 12.0 Å². The van der Waals surface area contributed by atoms with Gasteiger partial charge < -0.3 is 9.64 Å². The largest absolute Gasteiger partial charge is 0.466 e. The van der Waals surface area contributed by atoms with Crippen molar-refractivity contribution in [1.82, 2.24) is 4.90 Å². The second-order valence-electron chi connectivity index (χ2n) is 4.61. The highest BCUT2D eigenvalue weighted by atomic mass is 16.5. The van der Waals surface area contributed by atoms with Crippen molar-refractivity contribution in [1.29, 1.82) is 0 Å². The minimum atomic E-state index is -0.255. The van der Waals surface area contributed by atoms with Crippen LogP contribution in [0.25, 0.3) is 0 Å². The van der Waals surface area contributed by atoms with Crippen molar-refractivity contribution in [2.24, 2.45) is 0 Å². The second kappa shape index (κ2) is 9.13. The molecule has 0 fully saturated rings. The summed E-state index contributed by atoms with van der Waals surface area (Å²) in [6, 6.07) is 9.81. The second-order valence-corrected chi connectivity index (χ2v) is 4.61. The number of nitrogens with zero attached hydrogens (tertiary/aromatic N) is 1. The molecular weight excluding hydrogens is 254 g/mol. The third-order valence-corrected chi connectivity index (χ3v) is 2.92. The minimum Gasteiger partial charge on any atom is -0.466 e. The van der Waals surface area contributed by atoms with E-state index in [1.54, 1.807) is 11.8 Å². The number of hydrogen-bond donors (Lipinski definition) is 0. The van der Waals surface area contributed by atoms with Crippen LogP contribution in [0.3, 0.4) is 0 Å². The molecule has 4 nitrogen and oxygen atoms in total. The van der Waals surface area contributed by atoms with E-state index in [1.807, 2.05) is 37.3 Å². The highest BCUT2D eigenvalue weighted by molar-refractivity contribution is 5.77. The maximum Gasteiger partial charge on any atom is 0.307 e. The van der Waals surface area contributed by atoms with Crippen LogP contribution in [0.4, 0.5) is 0 Å². The maximum absolute atomic E-state index is 12.1. The monoisotopic (exact) mass is 277 g/mol. The van der Waals surface area contributed by atoms with Gasteiger partial charge in [0.05, 0.1) is 13.0 Å². The average molecular weight is 277 g/mol. The third-order valence-electron chi connectivity index (χ3n) is 2.92. The van der Waals surface area contributed by atoms with Crippen LogP contribution in [0, 0.1) is 0 Å². The topological polar surface area (TPSA) is 46.6 Å². The Morgan fingerprint density at radius 2 is 1.80 bits per heavy atom. The van der Waals surface area contributed by atoms with Crippen LogP contribution in [0.5, 0.6) is 0 Å². The molecule has 1 aromatic carbocycles. The number of ether oxygens (including phenoxy) is 1. The van der Waals surface area contributed by atoms with Crippen molar-refractivity contribution in [2.45, 2.75) is 39.7 Å². The van der Waals surface area contributed by atoms with Crippen LogP contribution < -0.4 is 0 Å². The molecule has 20 heavy (non-hydrogen) atoms. The van der Waals surface area contributed by atoms with Gasteiger partial charge in [0.2, 0.25) is 5.91 Å². The van der Waals surface area contributed by atoms with Gasteiger partial charge in [0.25, 0.3) is 0 Å². The first-order valence-electron chi connectivity index (χ1n) is 7.14. The molecule has 0 spiro atoms. The summed E-state index contributed by atoms with van der Waals surface area (Å²) in [5.74, 6) is -0.171. The summed E-state index contributed by atoms with van der Waals surface area (Å²) in [5.41, 5.74) is 1.07. The molecule has 0 aliphatic carbocycles. The smallest absolute Gasteiger partial charge is 0.307 e. The van der Waals surface area contributed by atoms with Gasteiger partial charge in [0.1, 0.15) is 0 Å². The molecule has 0 radical (unpaired) electrons. The van der Waals surface area contributed by atoms with E-state index in [4.69, 9.17) is 4.74 Å². The van der Waals surface area contributed by atoms with Crippen molar-refractivity contribution < 1.29 is 14.3 Å². The van der Waals surface area contributed by atoms with Gasteiger partial charge in [0, 0.05) is 19.5 Å². The Bertz CT molecular complexity index is 417. The van der Waals surface area contributed by atoms with Crippen LogP contribution >= 0.6 is 0 Å². The number of hydrogen-bond acceptors (Lipinski definition) is 3. The number of carbonyl (C=O) groups excluding carboxylic acids is 2. The van der Waals surface area contributed by atoms with E-state index >= 15 is 0 Å². The van der Waals surface area contributed by atoms with Crippen LogP contribution in [-0.2, 0) is 20.9 Å². The lowest BCUT2D eigenvalue weighted by Crippen LogP contribution is -2.32. The zero-order valence-corrected chi connectivity index (χ0v) is 12.3. The summed E-state index contributed by atoms with van der Waals surface area (Å²) in [6.07, 6.45) is 1.56. The number of carbonyl (C=O) groups is 2. The first-order chi connectivity index (χ1) is 9.67. The van der Waals surface area contributed by atoms with Gasteiger partial charge in [-0.3, -0.25) is 9.59 Å². The number of rotatable bonds is 8. The van der Waals surface area contributed by atoms with E-state index in [2.05, 4.69) is 0 Å². The predicted molar refractivity (Wildman–Crippen MR) is 78.0 cm³/mol. The lowest BCUT2D eigenvalue weighted by Gasteiger charge is -2.22. The van der Waals surface area contributed by atoms with Crippen molar-refractivity contribution in [3.8, 4) is 0 Å². The molecule has 0 aliphatic heterocycles. The molecule has 1 amide bonds. The molecule has 4 heteroatoms. The Kier molecular flexibility index (Phi) is 7.40. The fourth-order valence-electron chi connectivity index (χ4n) is 1.93. The maximum atomic E-state index is 12.1. The molecule has 0 saturated heterocycles. The lowest BCUT2D eigenvalue weighted by atomic mass is 10.2. The van der Waals surface area contributed by atoms with Crippen molar-refractivity contribution >= 4 is 11.9 Å². The highest BCUT2D eigenvalue weighted by Gasteiger charge is 2.15. The zero-order valence-electron chi connectivity index (χ0n) is 12.3. The number of esters is 1. The summed E-state index contributed by atoms with van der Waals surface area (Å²) < 4.78 is 4.91. The molecule has 0 atom stereocenters. The van der Waals surface area contributed by atoms with Crippen molar-refractivity contribution in [2.75, 3.05) is 13.2 Å². The normalized spacial score (nSPS) is 10.1. The summed E-state index contributed by atoms with van der Waals surface area (Å²) in [5, 5.41) is 0. The van der Waals surface area contributed by atoms with E-state index < -0.39 is 0 Å². The summed E-state index contributed by atoms with van der Waals surface area (Å²) in [6.45, 7) is 5.08. The lowest BCUT2D eigenvalue weighted by molar-refractivity contribution is -0.144. The molecule has 0 unspecified atom stereocenters. The molecule has 0 saturated carbocycles. The Morgan fingerprint density at radius 1 is 1.10 bits per heavy atom. The van der Waals surface area contributed by atoms with E-state index in [1.165, 1.54) is 0 Å². The third kappa shape index (κ3) is 5.87. The molecule has 0 aliphatic rings. The Morgan fingerprint density at radius 3 is 2.40 bits per heavy atom. The summed E-state index contributed by atoms with van der Waals surface area (Å²) in [4.78, 5) is 25.2. The van der Waals surface area contributed by atoms with E-state index in [-0.39, 0.29) is 18.3 Å². The highest BCUT2D eigenvalue weighted by Crippen LogP contribution is 2.08. The molecule has 1 aromatic rings. The van der Waals surface area contributed by atoms with Crippen LogP contribution in [-0.4, -0.2) is 29.9 Å². The predicted octanol–water partition coefficient (Wildman–Crippen LogP) is 2.77. The van der Waals surface area contributed by atoms with Crippen LogP contribution in [0.15, 0.2) is 30.3 Å². The molecule has 0 heterocycles. The molecule has 0 aromatic heterocycles. The van der Waals surface area contributed by atoms with Crippen molar-refractivity contribution in [3.05, 3.63) is 35.9 Å². The van der Waals surface area contributed by atoms with Crippen LogP contribution in [0.2, 0.25) is 0 Å². The Balaban J connectivity index is 2.60. The van der Waals surface area contributed by atoms with Gasteiger partial charge >= 0.3 is 5.97 Å². The summed E-state index contributed by atoms with van der Waals surface area (Å²) in [7, 11) is 0. The molecule has 0 N–H and O–H groups in total. The molecule has 110 valence electrons. The fraction of sp³-hybridized carbons (Fsp3) is 0.500. The van der Waals surface area contributed by atoms with Gasteiger partial charge in [0.15, 0.2) is 0 Å². The SMILES string of the molecule is CCCC(=O)N(CCC(=O)OCC)Cc1ccccc1. The average Bonchev–Trinajstić information content (AvgIpc) is 2.45. The van der Waals surface area contributed by atoms with Gasteiger partial charge in [-0.15, -0.1) is 0 Å². The van der Waals surface area contributed by atoms with Gasteiger partial charge in [-0.2, -0.15) is 0 Å². The molecule has 1 rings (SSSR count). The minimum absolute atomic E-state index is 0.0839. The Labute approximate surface area is 120 Å². The van der Waals surface area contributed by atoms with Gasteiger partial charge in [-0.1, -0.05) is 37.3 Å². The van der Waals surface area contributed by atoms with Crippen LogP contribution in [0.1, 0.15) is 38.7 Å². The first-order valence-corrected chi connectivity index (χ1v) is 7.14. The molecule has 0 bridgehead atoms. The van der Waals surface area contributed by atoms with Gasteiger partial charge in [-0.05, 0) is 18.9 Å². The summed E-state index contributed by atoms with van der Waals surface area (Å²) >= 11 is 0. The number of benzene rings is 1.